The van der Waals surface area contributed by atoms with Crippen molar-refractivity contribution in [2.45, 2.75) is 13.8 Å². The Morgan fingerprint density at radius 3 is 2.40 bits per heavy atom. The lowest BCUT2D eigenvalue weighted by atomic mass is 10.7. The van der Waals surface area contributed by atoms with Gasteiger partial charge in [-0.15, -0.1) is 5.10 Å². The average molecular weight is 226 g/mol. The van der Waals surface area contributed by atoms with Crippen LogP contribution in [0.2, 0.25) is 5.28 Å². The molecule has 2 rings (SSSR count). The van der Waals surface area contributed by atoms with E-state index in [-0.39, 0.29) is 17.2 Å². The van der Waals surface area contributed by atoms with Crippen LogP contribution in [0.25, 0.3) is 5.95 Å². The number of halogens is 1. The molecule has 0 aliphatic heterocycles. The molecule has 0 aromatic carbocycles. The lowest BCUT2D eigenvalue weighted by molar-refractivity contribution is 0.764. The summed E-state index contributed by atoms with van der Waals surface area (Å²) < 4.78 is 1.46. The van der Waals surface area contributed by atoms with E-state index in [4.69, 9.17) is 17.3 Å². The molecule has 8 heteroatoms. The van der Waals surface area contributed by atoms with Gasteiger partial charge in [0.2, 0.25) is 11.2 Å². The van der Waals surface area contributed by atoms with Crippen molar-refractivity contribution in [3.05, 3.63) is 16.9 Å². The Kier molecular flexibility index (Phi) is 2.24. The van der Waals surface area contributed by atoms with E-state index in [9.17, 15) is 0 Å². The first-order chi connectivity index (χ1) is 7.06. The summed E-state index contributed by atoms with van der Waals surface area (Å²) in [6.45, 7) is 3.56. The number of hydrogen-bond acceptors (Lipinski definition) is 6. The molecule has 0 saturated carbocycles. The minimum Gasteiger partial charge on any atom is -0.368 e. The van der Waals surface area contributed by atoms with Gasteiger partial charge in [0.25, 0.3) is 5.95 Å². The molecule has 0 spiro atoms. The molecule has 0 amide bonds. The van der Waals surface area contributed by atoms with E-state index in [0.717, 1.165) is 0 Å². The zero-order valence-corrected chi connectivity index (χ0v) is 8.89. The van der Waals surface area contributed by atoms with Crippen LogP contribution in [0.1, 0.15) is 11.6 Å². The molecule has 7 nitrogen and oxygen atoms in total. The Labute approximate surface area is 90.3 Å². The van der Waals surface area contributed by atoms with Gasteiger partial charge in [-0.3, -0.25) is 0 Å². The van der Waals surface area contributed by atoms with Crippen LogP contribution in [0.15, 0.2) is 0 Å². The average Bonchev–Trinajstić information content (AvgIpc) is 2.43. The zero-order chi connectivity index (χ0) is 11.0. The Balaban J connectivity index is 2.58. The standard InChI is InChI=1S/C7H8ClN7/c1-3-10-4(2)15(14-3)7-12-5(8)11-6(9)13-7/h1-2H3,(H2,9,11,12,13). The number of aromatic nitrogens is 6. The van der Waals surface area contributed by atoms with Crippen LogP contribution >= 0.6 is 11.6 Å². The summed E-state index contributed by atoms with van der Waals surface area (Å²) >= 11 is 5.66. The first kappa shape index (κ1) is 9.78. The number of nitrogens with two attached hydrogens (primary N) is 1. The van der Waals surface area contributed by atoms with E-state index in [1.807, 2.05) is 0 Å². The van der Waals surface area contributed by atoms with Gasteiger partial charge in [0.1, 0.15) is 11.6 Å². The van der Waals surface area contributed by atoms with E-state index < -0.39 is 0 Å². The van der Waals surface area contributed by atoms with Crippen molar-refractivity contribution in [2.75, 3.05) is 5.73 Å². The molecule has 78 valence electrons. The van der Waals surface area contributed by atoms with Crippen LogP contribution in [0, 0.1) is 13.8 Å². The van der Waals surface area contributed by atoms with Crippen molar-refractivity contribution in [2.24, 2.45) is 0 Å². The minimum atomic E-state index is 0.0325. The number of rotatable bonds is 1. The predicted octanol–water partition coefficient (Wildman–Crippen LogP) is 0.305. The van der Waals surface area contributed by atoms with Crippen LogP contribution in [0.5, 0.6) is 0 Å². The van der Waals surface area contributed by atoms with Gasteiger partial charge in [-0.25, -0.2) is 4.98 Å². The highest BCUT2D eigenvalue weighted by Gasteiger charge is 2.09. The number of hydrogen-bond donors (Lipinski definition) is 1. The summed E-state index contributed by atoms with van der Waals surface area (Å²) in [5.74, 6) is 1.61. The van der Waals surface area contributed by atoms with Crippen molar-refractivity contribution < 1.29 is 0 Å². The molecule has 0 aliphatic carbocycles. The van der Waals surface area contributed by atoms with Gasteiger partial charge in [-0.2, -0.15) is 19.6 Å². The molecule has 2 N–H and O–H groups in total. The Morgan fingerprint density at radius 1 is 1.13 bits per heavy atom. The van der Waals surface area contributed by atoms with Gasteiger partial charge in [-0.1, -0.05) is 0 Å². The minimum absolute atomic E-state index is 0.0325. The maximum absolute atomic E-state index is 5.66. The van der Waals surface area contributed by atoms with Crippen LogP contribution in [0.4, 0.5) is 5.95 Å². The molecule has 15 heavy (non-hydrogen) atoms. The fourth-order valence-corrected chi connectivity index (χ4v) is 1.32. The first-order valence-corrected chi connectivity index (χ1v) is 4.52. The second-order valence-corrected chi connectivity index (χ2v) is 3.22. The summed E-state index contributed by atoms with van der Waals surface area (Å²) in [7, 11) is 0. The van der Waals surface area contributed by atoms with E-state index in [1.165, 1.54) is 4.68 Å². The molecule has 0 unspecified atom stereocenters. The first-order valence-electron chi connectivity index (χ1n) is 4.14. The van der Waals surface area contributed by atoms with E-state index in [0.29, 0.717) is 11.6 Å². The monoisotopic (exact) mass is 225 g/mol. The molecule has 0 saturated heterocycles. The third-order valence-electron chi connectivity index (χ3n) is 1.68. The SMILES string of the molecule is Cc1nc(C)n(-c2nc(N)nc(Cl)n2)n1. The van der Waals surface area contributed by atoms with Gasteiger partial charge >= 0.3 is 0 Å². The summed E-state index contributed by atoms with van der Waals surface area (Å²) in [4.78, 5) is 15.6. The van der Waals surface area contributed by atoms with E-state index in [1.54, 1.807) is 13.8 Å². The molecule has 2 aromatic rings. The van der Waals surface area contributed by atoms with Gasteiger partial charge < -0.3 is 5.73 Å². The maximum Gasteiger partial charge on any atom is 0.258 e. The number of anilines is 1. The molecule has 0 fully saturated rings. The highest BCUT2D eigenvalue weighted by atomic mass is 35.5. The number of nitrogen functional groups attached to an aromatic ring is 1. The van der Waals surface area contributed by atoms with Gasteiger partial charge in [-0.05, 0) is 25.4 Å². The summed E-state index contributed by atoms with van der Waals surface area (Å²) in [5.41, 5.74) is 5.45. The predicted molar refractivity (Wildman–Crippen MR) is 53.6 cm³/mol. The van der Waals surface area contributed by atoms with Crippen molar-refractivity contribution in [3.63, 3.8) is 0 Å². The fraction of sp³-hybridized carbons (Fsp3) is 0.286. The van der Waals surface area contributed by atoms with Crippen LogP contribution in [0.3, 0.4) is 0 Å². The molecule has 0 radical (unpaired) electrons. The lowest BCUT2D eigenvalue weighted by Crippen LogP contribution is -2.08. The second kappa shape index (κ2) is 3.43. The Bertz CT molecular complexity index is 486. The largest absolute Gasteiger partial charge is 0.368 e. The molecular formula is C7H8ClN7. The van der Waals surface area contributed by atoms with Gasteiger partial charge in [0.05, 0.1) is 0 Å². The van der Waals surface area contributed by atoms with Gasteiger partial charge in [0, 0.05) is 0 Å². The molecule has 0 atom stereocenters. The van der Waals surface area contributed by atoms with Crippen molar-refractivity contribution >= 4 is 17.5 Å². The smallest absolute Gasteiger partial charge is 0.258 e. The zero-order valence-electron chi connectivity index (χ0n) is 8.14. The van der Waals surface area contributed by atoms with Crippen LogP contribution in [-0.2, 0) is 0 Å². The Hall–Kier alpha value is -1.76. The normalized spacial score (nSPS) is 10.6. The topological polar surface area (TPSA) is 95.4 Å². The molecular weight excluding hydrogens is 218 g/mol. The number of nitrogens with zero attached hydrogens (tertiary/aromatic N) is 6. The van der Waals surface area contributed by atoms with Crippen LogP contribution in [-0.4, -0.2) is 29.7 Å². The summed E-state index contributed by atoms with van der Waals surface area (Å²) in [6, 6.07) is 0. The third-order valence-corrected chi connectivity index (χ3v) is 1.85. The quantitative estimate of drug-likeness (QED) is 0.750. The van der Waals surface area contributed by atoms with Crippen molar-refractivity contribution in [1.82, 2.24) is 29.7 Å². The molecule has 2 aromatic heterocycles. The maximum atomic E-state index is 5.66. The highest BCUT2D eigenvalue weighted by molar-refractivity contribution is 6.28. The second-order valence-electron chi connectivity index (χ2n) is 2.88. The molecule has 0 bridgehead atoms. The summed E-state index contributed by atoms with van der Waals surface area (Å²) in [5, 5.41) is 4.13. The van der Waals surface area contributed by atoms with E-state index in [2.05, 4.69) is 25.0 Å². The summed E-state index contributed by atoms with van der Waals surface area (Å²) in [6.07, 6.45) is 0. The van der Waals surface area contributed by atoms with Gasteiger partial charge in [0.15, 0.2) is 0 Å². The van der Waals surface area contributed by atoms with E-state index >= 15 is 0 Å². The Morgan fingerprint density at radius 2 is 1.87 bits per heavy atom. The fourth-order valence-electron chi connectivity index (χ4n) is 1.16. The van der Waals surface area contributed by atoms with Crippen molar-refractivity contribution in [1.29, 1.82) is 0 Å². The molecule has 2 heterocycles. The van der Waals surface area contributed by atoms with Crippen LogP contribution < -0.4 is 5.73 Å². The van der Waals surface area contributed by atoms with Crippen molar-refractivity contribution in [3.8, 4) is 5.95 Å². The third kappa shape index (κ3) is 1.86. The number of aryl methyl sites for hydroxylation is 2. The highest BCUT2D eigenvalue weighted by Crippen LogP contribution is 2.08. The molecule has 0 aliphatic rings. The lowest BCUT2D eigenvalue weighted by Gasteiger charge is -2.01.